The molecule has 2 saturated heterocycles. The van der Waals surface area contributed by atoms with Gasteiger partial charge < -0.3 is 4.74 Å². The van der Waals surface area contributed by atoms with Crippen molar-refractivity contribution in [3.63, 3.8) is 0 Å². The summed E-state index contributed by atoms with van der Waals surface area (Å²) in [5, 5.41) is 4.62. The van der Waals surface area contributed by atoms with Gasteiger partial charge in [0, 0.05) is 54.5 Å². The summed E-state index contributed by atoms with van der Waals surface area (Å²) in [6.45, 7) is 5.25. The lowest BCUT2D eigenvalue weighted by molar-refractivity contribution is 0.118. The first-order valence-electron chi connectivity index (χ1n) is 12.9. The highest BCUT2D eigenvalue weighted by molar-refractivity contribution is 7.78. The smallest absolute Gasteiger partial charge is 0.150 e. The number of hydrogen-bond donors (Lipinski definition) is 1. The number of pyridine rings is 1. The average molecular weight is 498 g/mol. The van der Waals surface area contributed by atoms with E-state index in [0.717, 1.165) is 43.2 Å². The molecule has 0 bridgehead atoms. The van der Waals surface area contributed by atoms with Crippen LogP contribution in [-0.4, -0.2) is 69.7 Å². The molecule has 6 nitrogen and oxygen atoms in total. The Morgan fingerprint density at radius 1 is 1.06 bits per heavy atom. The maximum Gasteiger partial charge on any atom is 0.150 e. The zero-order chi connectivity index (χ0) is 23.1. The maximum absolute atomic E-state index is 5.67. The third-order valence-corrected chi connectivity index (χ3v) is 9.44. The van der Waals surface area contributed by atoms with E-state index in [1.165, 1.54) is 67.4 Å². The number of ether oxygens (including phenoxy) is 1. The van der Waals surface area contributed by atoms with Gasteiger partial charge in [0.25, 0.3) is 0 Å². The van der Waals surface area contributed by atoms with Gasteiger partial charge in [0.15, 0.2) is 0 Å². The van der Waals surface area contributed by atoms with Gasteiger partial charge in [-0.25, -0.2) is 9.97 Å². The molecule has 1 aliphatic carbocycles. The molecule has 182 valence electrons. The number of hydrogen-bond acceptors (Lipinski definition) is 7. The van der Waals surface area contributed by atoms with Crippen molar-refractivity contribution in [2.45, 2.75) is 62.9 Å². The molecule has 3 aromatic heterocycles. The largest absolute Gasteiger partial charge is 0.380 e. The Labute approximate surface area is 211 Å². The van der Waals surface area contributed by atoms with E-state index < -0.39 is 0 Å². The van der Waals surface area contributed by atoms with Crippen LogP contribution >= 0.6 is 24.2 Å². The van der Waals surface area contributed by atoms with Crippen LogP contribution in [0.2, 0.25) is 0 Å². The van der Waals surface area contributed by atoms with Gasteiger partial charge in [-0.3, -0.25) is 13.8 Å². The third-order valence-electron chi connectivity index (χ3n) is 8.19. The summed E-state index contributed by atoms with van der Waals surface area (Å²) in [6, 6.07) is 3.55. The number of aromatic nitrogens is 3. The van der Waals surface area contributed by atoms with E-state index >= 15 is 0 Å². The van der Waals surface area contributed by atoms with Crippen LogP contribution in [-0.2, 0) is 4.74 Å². The lowest BCUT2D eigenvalue weighted by Gasteiger charge is -2.36. The number of likely N-dealkylation sites (tertiary alicyclic amines) is 1. The van der Waals surface area contributed by atoms with Gasteiger partial charge in [-0.15, -0.1) is 11.3 Å². The first kappa shape index (κ1) is 23.0. The minimum Gasteiger partial charge on any atom is -0.380 e. The fraction of sp³-hybridized carbons (Fsp3) is 0.615. The van der Waals surface area contributed by atoms with E-state index in [4.69, 9.17) is 14.7 Å². The molecule has 1 saturated carbocycles. The highest BCUT2D eigenvalue weighted by Gasteiger charge is 2.29. The molecule has 34 heavy (non-hydrogen) atoms. The van der Waals surface area contributed by atoms with Crippen molar-refractivity contribution < 1.29 is 4.74 Å². The SMILES string of the molecule is CN1CCCC1c1nc(-c2cn(S)c3ncc(C4CCC(N5CCCOCC5)CC4)cc23)cs1. The fourth-order valence-electron chi connectivity index (χ4n) is 6.23. The van der Waals surface area contributed by atoms with Gasteiger partial charge in [0.2, 0.25) is 0 Å². The summed E-state index contributed by atoms with van der Waals surface area (Å²) in [5.41, 5.74) is 4.51. The molecule has 5 heterocycles. The van der Waals surface area contributed by atoms with Crippen molar-refractivity contribution in [1.82, 2.24) is 23.7 Å². The van der Waals surface area contributed by atoms with Crippen molar-refractivity contribution in [1.29, 1.82) is 0 Å². The number of thiol groups is 1. The van der Waals surface area contributed by atoms with Gasteiger partial charge >= 0.3 is 0 Å². The minimum atomic E-state index is 0.461. The van der Waals surface area contributed by atoms with Gasteiger partial charge in [-0.1, -0.05) is 12.8 Å². The van der Waals surface area contributed by atoms with Crippen LogP contribution in [0.15, 0.2) is 23.8 Å². The Balaban J connectivity index is 1.22. The molecule has 0 amide bonds. The topological polar surface area (TPSA) is 46.4 Å². The second-order valence-corrected chi connectivity index (χ2v) is 11.6. The van der Waals surface area contributed by atoms with E-state index in [9.17, 15) is 0 Å². The number of rotatable bonds is 4. The molecule has 3 fully saturated rings. The molecule has 1 unspecified atom stereocenters. The predicted octanol–water partition coefficient (Wildman–Crippen LogP) is 5.37. The summed E-state index contributed by atoms with van der Waals surface area (Å²) in [6.07, 6.45) is 12.8. The molecule has 0 spiro atoms. The monoisotopic (exact) mass is 497 g/mol. The van der Waals surface area contributed by atoms with E-state index in [2.05, 4.69) is 53.5 Å². The number of fused-ring (bicyclic) bond motifs is 1. The normalized spacial score (nSPS) is 27.4. The molecule has 8 heteroatoms. The van der Waals surface area contributed by atoms with Crippen molar-refractivity contribution in [2.24, 2.45) is 0 Å². The van der Waals surface area contributed by atoms with Crippen LogP contribution in [0.5, 0.6) is 0 Å². The molecule has 0 radical (unpaired) electrons. The minimum absolute atomic E-state index is 0.461. The summed E-state index contributed by atoms with van der Waals surface area (Å²) in [5.74, 6) is 0.589. The van der Waals surface area contributed by atoms with Crippen molar-refractivity contribution in [3.8, 4) is 11.3 Å². The quantitative estimate of drug-likeness (QED) is 0.491. The Hall–Kier alpha value is -1.45. The fourth-order valence-corrected chi connectivity index (χ4v) is 7.52. The highest BCUT2D eigenvalue weighted by atomic mass is 32.1. The average Bonchev–Trinajstić information content (AvgIpc) is 3.52. The summed E-state index contributed by atoms with van der Waals surface area (Å²) in [4.78, 5) is 15.0. The van der Waals surface area contributed by atoms with Crippen molar-refractivity contribution in [3.05, 3.63) is 34.4 Å². The lowest BCUT2D eigenvalue weighted by atomic mass is 9.81. The van der Waals surface area contributed by atoms with E-state index in [1.807, 2.05) is 3.97 Å². The standard InChI is InChI=1S/C26H35N5OS2/c1-29-9-2-4-24(29)26-28-23(17-34-26)22-16-31(33)25-21(22)14-19(15-27-25)18-5-7-20(8-6-18)30-10-3-12-32-13-11-30/h14-18,20,24,33H,2-13H2,1H3. The second kappa shape index (κ2) is 9.90. The first-order chi connectivity index (χ1) is 16.7. The Kier molecular flexibility index (Phi) is 6.69. The van der Waals surface area contributed by atoms with E-state index in [0.29, 0.717) is 18.0 Å². The third kappa shape index (κ3) is 4.44. The van der Waals surface area contributed by atoms with Gasteiger partial charge in [-0.2, -0.15) is 0 Å². The van der Waals surface area contributed by atoms with E-state index in [-0.39, 0.29) is 0 Å². The number of nitrogens with zero attached hydrogens (tertiary/aromatic N) is 5. The summed E-state index contributed by atoms with van der Waals surface area (Å²) >= 11 is 6.47. The molecule has 0 aromatic carbocycles. The predicted molar refractivity (Wildman–Crippen MR) is 142 cm³/mol. The van der Waals surface area contributed by atoms with Crippen LogP contribution in [0.4, 0.5) is 0 Å². The molecule has 3 aromatic rings. The molecule has 6 rings (SSSR count). The summed E-state index contributed by atoms with van der Waals surface area (Å²) < 4.78 is 7.52. The molecule has 1 atom stereocenters. The van der Waals surface area contributed by atoms with Crippen LogP contribution in [0, 0.1) is 0 Å². The molecular weight excluding hydrogens is 462 g/mol. The van der Waals surface area contributed by atoms with Crippen molar-refractivity contribution >= 4 is 35.2 Å². The van der Waals surface area contributed by atoms with Crippen molar-refractivity contribution in [2.75, 3.05) is 39.9 Å². The Morgan fingerprint density at radius 3 is 2.76 bits per heavy atom. The first-order valence-corrected chi connectivity index (χ1v) is 14.1. The highest BCUT2D eigenvalue weighted by Crippen LogP contribution is 2.39. The molecule has 0 N–H and O–H groups in total. The van der Waals surface area contributed by atoms with Crippen LogP contribution in [0.25, 0.3) is 22.3 Å². The zero-order valence-electron chi connectivity index (χ0n) is 20.0. The van der Waals surface area contributed by atoms with Crippen LogP contribution < -0.4 is 0 Å². The Bertz CT molecular complexity index is 1130. The number of thiazole rings is 1. The maximum atomic E-state index is 5.67. The lowest BCUT2D eigenvalue weighted by Crippen LogP contribution is -2.39. The molecule has 3 aliphatic rings. The van der Waals surface area contributed by atoms with E-state index in [1.54, 1.807) is 11.3 Å². The van der Waals surface area contributed by atoms with Crippen LogP contribution in [0.1, 0.15) is 67.5 Å². The zero-order valence-corrected chi connectivity index (χ0v) is 21.7. The van der Waals surface area contributed by atoms with Gasteiger partial charge in [0.05, 0.1) is 18.3 Å². The summed E-state index contributed by atoms with van der Waals surface area (Å²) in [7, 11) is 2.21. The molecule has 2 aliphatic heterocycles. The Morgan fingerprint density at radius 2 is 1.94 bits per heavy atom. The van der Waals surface area contributed by atoms with Crippen LogP contribution in [0.3, 0.4) is 0 Å². The second-order valence-electron chi connectivity index (χ2n) is 10.2. The van der Waals surface area contributed by atoms with Gasteiger partial charge in [0.1, 0.15) is 10.7 Å². The molecular formula is C26H35N5OS2. The van der Waals surface area contributed by atoms with Gasteiger partial charge in [-0.05, 0) is 76.1 Å².